The van der Waals surface area contributed by atoms with Gasteiger partial charge in [-0.3, -0.25) is 9.69 Å². The van der Waals surface area contributed by atoms with E-state index in [1.165, 1.54) is 17.7 Å². The van der Waals surface area contributed by atoms with Gasteiger partial charge in [-0.25, -0.2) is 4.39 Å². The molecule has 3 aliphatic heterocycles. The summed E-state index contributed by atoms with van der Waals surface area (Å²) in [5.41, 5.74) is 4.69. The molecule has 3 atom stereocenters. The van der Waals surface area contributed by atoms with Gasteiger partial charge in [0.2, 0.25) is 5.91 Å². The number of rotatable bonds is 8. The average Bonchev–Trinajstić information content (AvgIpc) is 3.51. The third-order valence-electron chi connectivity index (χ3n) is 9.76. The fourth-order valence-electron chi connectivity index (χ4n) is 7.54. The number of hydrogen-bond acceptors (Lipinski definition) is 8. The highest BCUT2D eigenvalue weighted by atomic mass is 35.5. The molecule has 9 nitrogen and oxygen atoms in total. The Morgan fingerprint density at radius 3 is 2.86 bits per heavy atom. The maximum Gasteiger partial charge on any atom is 0.318 e. The normalized spacial score (nSPS) is 23.9. The molecule has 2 fully saturated rings. The van der Waals surface area contributed by atoms with E-state index in [0.29, 0.717) is 38.3 Å². The topological polar surface area (TPSA) is 88.8 Å². The van der Waals surface area contributed by atoms with Crippen LogP contribution in [-0.2, 0) is 24.1 Å². The molecule has 11 heteroatoms. The summed E-state index contributed by atoms with van der Waals surface area (Å²) in [5, 5.41) is 10.3. The number of carbonyl (C=O) groups excluding carboxylic acids is 1. The predicted molar refractivity (Wildman–Crippen MR) is 169 cm³/mol. The zero-order valence-corrected chi connectivity index (χ0v) is 26.2. The predicted octanol–water partition coefficient (Wildman–Crippen LogP) is 4.72. The van der Waals surface area contributed by atoms with Crippen LogP contribution in [0.25, 0.3) is 0 Å². The Labute approximate surface area is 264 Å². The first kappa shape index (κ1) is 30.6. The van der Waals surface area contributed by atoms with Crippen LogP contribution in [0.5, 0.6) is 6.01 Å². The molecule has 1 aromatic carbocycles. The molecule has 44 heavy (non-hydrogen) atoms. The van der Waals surface area contributed by atoms with Gasteiger partial charge in [-0.2, -0.15) is 15.2 Å². The van der Waals surface area contributed by atoms with Crippen molar-refractivity contribution in [3.63, 3.8) is 0 Å². The average molecular weight is 622 g/mol. The van der Waals surface area contributed by atoms with Crippen molar-refractivity contribution in [3.8, 4) is 12.1 Å². The summed E-state index contributed by atoms with van der Waals surface area (Å²) in [4.78, 5) is 31.3. The molecule has 0 spiro atoms. The SMILES string of the molecule is CCN1CCCC1COc1nc2c(c(N3CCN(C(=O)C=CF)C(CC#N)C3)n1)CCC(N1CCCc3ccc(Cl)cc31)C2. The van der Waals surface area contributed by atoms with Gasteiger partial charge in [0, 0.05) is 67.0 Å². The van der Waals surface area contributed by atoms with Crippen molar-refractivity contribution in [1.82, 2.24) is 19.8 Å². The number of piperazine rings is 1. The van der Waals surface area contributed by atoms with Crippen LogP contribution in [0.4, 0.5) is 15.9 Å². The summed E-state index contributed by atoms with van der Waals surface area (Å²) in [6.45, 7) is 7.15. The van der Waals surface area contributed by atoms with Crippen LogP contribution < -0.4 is 14.5 Å². The summed E-state index contributed by atoms with van der Waals surface area (Å²) in [5.74, 6) is 0.420. The first-order chi connectivity index (χ1) is 21.5. The number of fused-ring (bicyclic) bond motifs is 2. The van der Waals surface area contributed by atoms with Crippen LogP contribution in [0.3, 0.4) is 0 Å². The lowest BCUT2D eigenvalue weighted by molar-refractivity contribution is -0.128. The van der Waals surface area contributed by atoms with E-state index in [1.807, 2.05) is 6.07 Å². The van der Waals surface area contributed by atoms with E-state index in [4.69, 9.17) is 26.3 Å². The second-order valence-corrected chi connectivity index (χ2v) is 12.7. The number of amides is 1. The number of hydrogen-bond donors (Lipinski definition) is 0. The Balaban J connectivity index is 1.30. The molecule has 4 aliphatic rings. The van der Waals surface area contributed by atoms with Crippen molar-refractivity contribution < 1.29 is 13.9 Å². The number of ether oxygens (including phenoxy) is 1. The first-order valence-electron chi connectivity index (χ1n) is 16.0. The Morgan fingerprint density at radius 1 is 1.16 bits per heavy atom. The number of nitrogens with zero attached hydrogens (tertiary/aromatic N) is 7. The zero-order chi connectivity index (χ0) is 30.6. The highest BCUT2D eigenvalue weighted by Crippen LogP contribution is 2.38. The number of aromatic nitrogens is 2. The molecule has 0 bridgehead atoms. The largest absolute Gasteiger partial charge is 0.462 e. The second kappa shape index (κ2) is 13.7. The molecule has 0 saturated carbocycles. The molecule has 1 amide bonds. The van der Waals surface area contributed by atoms with Crippen LogP contribution in [0.2, 0.25) is 5.02 Å². The summed E-state index contributed by atoms with van der Waals surface area (Å²) in [6, 6.07) is 9.10. The number of likely N-dealkylation sites (N-methyl/N-ethyl adjacent to an activating group) is 1. The smallest absolute Gasteiger partial charge is 0.318 e. The molecule has 4 heterocycles. The van der Waals surface area contributed by atoms with Crippen molar-refractivity contribution in [1.29, 1.82) is 5.26 Å². The monoisotopic (exact) mass is 621 g/mol. The van der Waals surface area contributed by atoms with Crippen LogP contribution in [0.15, 0.2) is 30.6 Å². The quantitative estimate of drug-likeness (QED) is 0.392. The van der Waals surface area contributed by atoms with Gasteiger partial charge in [-0.05, 0) is 69.3 Å². The molecular formula is C33H41ClFN7O2. The van der Waals surface area contributed by atoms with Crippen LogP contribution >= 0.6 is 11.6 Å². The van der Waals surface area contributed by atoms with E-state index in [1.54, 1.807) is 4.90 Å². The first-order valence-corrected chi connectivity index (χ1v) is 16.4. The van der Waals surface area contributed by atoms with Crippen LogP contribution in [0, 0.1) is 11.3 Å². The van der Waals surface area contributed by atoms with Crippen molar-refractivity contribution in [2.75, 3.05) is 55.7 Å². The highest BCUT2D eigenvalue weighted by molar-refractivity contribution is 6.30. The van der Waals surface area contributed by atoms with E-state index in [9.17, 15) is 14.4 Å². The molecule has 234 valence electrons. The fraction of sp³-hybridized carbons (Fsp3) is 0.576. The number of nitriles is 1. The van der Waals surface area contributed by atoms with Crippen molar-refractivity contribution in [2.45, 2.75) is 76.4 Å². The summed E-state index contributed by atoms with van der Waals surface area (Å²) >= 11 is 6.44. The number of halogens is 2. The van der Waals surface area contributed by atoms with Gasteiger partial charge in [0.25, 0.3) is 0 Å². The van der Waals surface area contributed by atoms with Gasteiger partial charge in [-0.15, -0.1) is 0 Å². The number of aryl methyl sites for hydroxylation is 1. The number of benzene rings is 1. The lowest BCUT2D eigenvalue weighted by Gasteiger charge is -2.43. The Hall–Kier alpha value is -3.42. The second-order valence-electron chi connectivity index (χ2n) is 12.2. The van der Waals surface area contributed by atoms with E-state index < -0.39 is 5.91 Å². The maximum atomic E-state index is 12.8. The maximum absolute atomic E-state index is 12.8. The van der Waals surface area contributed by atoms with Crippen molar-refractivity contribution in [3.05, 3.63) is 52.4 Å². The van der Waals surface area contributed by atoms with Crippen molar-refractivity contribution >= 4 is 29.0 Å². The molecular weight excluding hydrogens is 581 g/mol. The summed E-state index contributed by atoms with van der Waals surface area (Å²) < 4.78 is 19.2. The van der Waals surface area contributed by atoms with E-state index >= 15 is 0 Å². The molecule has 0 radical (unpaired) electrons. The third-order valence-corrected chi connectivity index (χ3v) is 9.99. The van der Waals surface area contributed by atoms with E-state index in [0.717, 1.165) is 86.3 Å². The van der Waals surface area contributed by atoms with Gasteiger partial charge in [0.1, 0.15) is 12.4 Å². The number of anilines is 2. The molecule has 1 aliphatic carbocycles. The molecule has 2 saturated heterocycles. The zero-order valence-electron chi connectivity index (χ0n) is 25.4. The highest BCUT2D eigenvalue weighted by Gasteiger charge is 2.35. The lowest BCUT2D eigenvalue weighted by atomic mass is 9.88. The van der Waals surface area contributed by atoms with Gasteiger partial charge in [-0.1, -0.05) is 24.6 Å². The minimum Gasteiger partial charge on any atom is -0.462 e. The van der Waals surface area contributed by atoms with Gasteiger partial charge < -0.3 is 19.4 Å². The van der Waals surface area contributed by atoms with Crippen LogP contribution in [-0.4, -0.2) is 89.7 Å². The fourth-order valence-corrected chi connectivity index (χ4v) is 7.71. The Morgan fingerprint density at radius 2 is 2.05 bits per heavy atom. The standard InChI is InChI=1S/C33H41ClFN7O2/c1-2-39-15-4-6-27(39)22-44-33-37-29-20-25(41-16-3-5-23-7-8-24(34)19-30(23)41)9-10-28(29)32(38-33)40-17-18-42(31(43)11-13-35)26(21-40)12-14-36/h7-8,11,13,19,25-27H,2-6,9-10,12,15-18,20-22H2,1H3. The molecule has 1 aromatic heterocycles. The Kier molecular flexibility index (Phi) is 9.53. The number of likely N-dealkylation sites (tertiary alicyclic amines) is 1. The summed E-state index contributed by atoms with van der Waals surface area (Å²) in [7, 11) is 0. The number of carbonyl (C=O) groups is 1. The minimum absolute atomic E-state index is 0.159. The summed E-state index contributed by atoms with van der Waals surface area (Å²) in [6.07, 6.45) is 8.34. The van der Waals surface area contributed by atoms with Gasteiger partial charge in [0.05, 0.1) is 30.6 Å². The molecule has 6 rings (SSSR count). The molecule has 3 unspecified atom stereocenters. The van der Waals surface area contributed by atoms with E-state index in [-0.39, 0.29) is 24.8 Å². The van der Waals surface area contributed by atoms with Gasteiger partial charge >= 0.3 is 6.01 Å². The van der Waals surface area contributed by atoms with Crippen LogP contribution in [0.1, 0.15) is 55.8 Å². The Bertz CT molecular complexity index is 1430. The molecule has 0 N–H and O–H groups in total. The van der Waals surface area contributed by atoms with E-state index in [2.05, 4.69) is 39.8 Å². The van der Waals surface area contributed by atoms with Gasteiger partial charge in [0.15, 0.2) is 0 Å². The molecule has 2 aromatic rings. The van der Waals surface area contributed by atoms with Crippen molar-refractivity contribution in [2.24, 2.45) is 0 Å². The minimum atomic E-state index is -0.414. The lowest BCUT2D eigenvalue weighted by Crippen LogP contribution is -2.55. The third kappa shape index (κ3) is 6.36.